The maximum atomic E-state index is 12.4. The van der Waals surface area contributed by atoms with E-state index in [4.69, 9.17) is 0 Å². The summed E-state index contributed by atoms with van der Waals surface area (Å²) in [5.41, 5.74) is 0.370. The number of rotatable bonds is 4. The molecule has 126 valence electrons. The molecule has 0 aromatic carbocycles. The van der Waals surface area contributed by atoms with Crippen molar-refractivity contribution in [3.63, 3.8) is 0 Å². The smallest absolute Gasteiger partial charge is 0.255 e. The van der Waals surface area contributed by atoms with Gasteiger partial charge in [0.05, 0.1) is 24.5 Å². The summed E-state index contributed by atoms with van der Waals surface area (Å²) < 4.78 is 0. The van der Waals surface area contributed by atoms with Crippen molar-refractivity contribution < 1.29 is 9.90 Å². The van der Waals surface area contributed by atoms with Gasteiger partial charge in [-0.3, -0.25) is 4.79 Å². The highest BCUT2D eigenvalue weighted by atomic mass is 16.3. The molecule has 8 nitrogen and oxygen atoms in total. The van der Waals surface area contributed by atoms with Crippen molar-refractivity contribution >= 4 is 11.7 Å². The Kier molecular flexibility index (Phi) is 4.39. The first kappa shape index (κ1) is 16.3. The third kappa shape index (κ3) is 3.48. The molecule has 8 heteroatoms. The van der Waals surface area contributed by atoms with Gasteiger partial charge < -0.3 is 14.9 Å². The van der Waals surface area contributed by atoms with E-state index in [0.717, 1.165) is 11.5 Å². The second-order valence-electron chi connectivity index (χ2n) is 6.21. The molecule has 2 aromatic rings. The molecular formula is C16H20N6O2. The van der Waals surface area contributed by atoms with E-state index in [1.54, 1.807) is 13.1 Å². The maximum Gasteiger partial charge on any atom is 0.255 e. The first-order valence-corrected chi connectivity index (χ1v) is 7.75. The molecule has 1 fully saturated rings. The van der Waals surface area contributed by atoms with E-state index in [1.807, 2.05) is 17.9 Å². The molecule has 0 aliphatic carbocycles. The van der Waals surface area contributed by atoms with Crippen LogP contribution in [0.25, 0.3) is 0 Å². The van der Waals surface area contributed by atoms with Crippen molar-refractivity contribution in [3.05, 3.63) is 42.1 Å². The second-order valence-corrected chi connectivity index (χ2v) is 6.21. The molecule has 0 unspecified atom stereocenters. The summed E-state index contributed by atoms with van der Waals surface area (Å²) in [5, 5.41) is 18.2. The van der Waals surface area contributed by atoms with E-state index in [1.165, 1.54) is 23.6 Å². The minimum Gasteiger partial charge on any atom is -0.386 e. The number of amides is 1. The minimum absolute atomic E-state index is 0.186. The number of aliphatic hydroxyl groups is 1. The Bertz CT molecular complexity index is 726. The number of aromatic nitrogens is 4. The summed E-state index contributed by atoms with van der Waals surface area (Å²) in [5.74, 6) is 0.611. The number of carbonyl (C=O) groups excluding carboxylic acids is 1. The molecule has 1 saturated heterocycles. The Hall–Kier alpha value is -2.61. The van der Waals surface area contributed by atoms with Crippen LogP contribution in [0.15, 0.2) is 30.9 Å². The summed E-state index contributed by atoms with van der Waals surface area (Å²) in [7, 11) is 1.68. The standard InChI is InChI=1S/C16H20N6O2/c1-12-7-14(18-11-17-12)22-6-4-16(24,10-22)9-21(2)15(23)13-3-5-19-20-8-13/h3,5,7-8,11,24H,4,6,9-10H2,1-2H3/t16-/m1/s1. The molecule has 3 rings (SSSR count). The molecule has 0 bridgehead atoms. The fraction of sp³-hybridized carbons (Fsp3) is 0.438. The average Bonchev–Trinajstić information content (AvgIpc) is 2.97. The molecule has 3 heterocycles. The highest BCUT2D eigenvalue weighted by molar-refractivity contribution is 5.93. The van der Waals surface area contributed by atoms with Crippen LogP contribution in [0.1, 0.15) is 22.5 Å². The van der Waals surface area contributed by atoms with Gasteiger partial charge >= 0.3 is 0 Å². The molecule has 1 N–H and O–H groups in total. The highest BCUT2D eigenvalue weighted by Crippen LogP contribution is 2.26. The number of β-amino-alcohol motifs (C(OH)–C–C–N with tert-alkyl or cyclic N) is 1. The van der Waals surface area contributed by atoms with Crippen LogP contribution in [-0.4, -0.2) is 68.4 Å². The summed E-state index contributed by atoms with van der Waals surface area (Å²) in [6.45, 7) is 3.26. The van der Waals surface area contributed by atoms with Crippen LogP contribution in [-0.2, 0) is 0 Å². The van der Waals surface area contributed by atoms with Gasteiger partial charge in [-0.2, -0.15) is 10.2 Å². The summed E-state index contributed by atoms with van der Waals surface area (Å²) in [4.78, 5) is 24.3. The Morgan fingerprint density at radius 3 is 2.96 bits per heavy atom. The first-order valence-electron chi connectivity index (χ1n) is 7.75. The Morgan fingerprint density at radius 1 is 1.42 bits per heavy atom. The minimum atomic E-state index is -0.969. The molecular weight excluding hydrogens is 308 g/mol. The van der Waals surface area contributed by atoms with Gasteiger partial charge in [-0.1, -0.05) is 0 Å². The van der Waals surface area contributed by atoms with Gasteiger partial charge in [0, 0.05) is 31.9 Å². The van der Waals surface area contributed by atoms with Crippen LogP contribution in [0.2, 0.25) is 0 Å². The quantitative estimate of drug-likeness (QED) is 0.861. The third-order valence-corrected chi connectivity index (χ3v) is 4.15. The number of likely N-dealkylation sites (N-methyl/N-ethyl adjacent to an activating group) is 1. The zero-order valence-corrected chi connectivity index (χ0v) is 13.8. The monoisotopic (exact) mass is 328 g/mol. The molecule has 0 saturated carbocycles. The number of nitrogens with zero attached hydrogens (tertiary/aromatic N) is 6. The van der Waals surface area contributed by atoms with Crippen molar-refractivity contribution in [1.29, 1.82) is 0 Å². The van der Waals surface area contributed by atoms with Crippen molar-refractivity contribution in [1.82, 2.24) is 25.1 Å². The lowest BCUT2D eigenvalue weighted by Crippen LogP contribution is -2.46. The third-order valence-electron chi connectivity index (χ3n) is 4.15. The van der Waals surface area contributed by atoms with Crippen LogP contribution in [0, 0.1) is 6.92 Å². The van der Waals surface area contributed by atoms with Gasteiger partial charge in [0.1, 0.15) is 17.7 Å². The topological polar surface area (TPSA) is 95.3 Å². The molecule has 1 aliphatic rings. The number of carbonyl (C=O) groups is 1. The first-order chi connectivity index (χ1) is 11.5. The lowest BCUT2D eigenvalue weighted by molar-refractivity contribution is 0.0264. The van der Waals surface area contributed by atoms with E-state index in [-0.39, 0.29) is 12.5 Å². The molecule has 24 heavy (non-hydrogen) atoms. The Balaban J connectivity index is 1.66. The van der Waals surface area contributed by atoms with Crippen molar-refractivity contribution in [2.45, 2.75) is 18.9 Å². The number of hydrogen-bond acceptors (Lipinski definition) is 7. The number of aryl methyl sites for hydroxylation is 1. The lowest BCUT2D eigenvalue weighted by atomic mass is 10.0. The van der Waals surface area contributed by atoms with Gasteiger partial charge in [-0.15, -0.1) is 0 Å². The van der Waals surface area contributed by atoms with Gasteiger partial charge in [-0.25, -0.2) is 9.97 Å². The van der Waals surface area contributed by atoms with Crippen LogP contribution in [0.4, 0.5) is 5.82 Å². The SMILES string of the molecule is Cc1cc(N2CC[C@@](O)(CN(C)C(=O)c3ccnnc3)C2)ncn1. The molecule has 1 amide bonds. The van der Waals surface area contributed by atoms with Crippen LogP contribution in [0.3, 0.4) is 0 Å². The van der Waals surface area contributed by atoms with E-state index in [2.05, 4.69) is 20.2 Å². The van der Waals surface area contributed by atoms with Crippen molar-refractivity contribution in [3.8, 4) is 0 Å². The largest absolute Gasteiger partial charge is 0.386 e. The molecule has 0 spiro atoms. The lowest BCUT2D eigenvalue weighted by Gasteiger charge is -2.29. The van der Waals surface area contributed by atoms with Crippen molar-refractivity contribution in [2.24, 2.45) is 0 Å². The fourth-order valence-electron chi connectivity index (χ4n) is 2.95. The van der Waals surface area contributed by atoms with Gasteiger partial charge in [0.2, 0.25) is 0 Å². The fourth-order valence-corrected chi connectivity index (χ4v) is 2.95. The van der Waals surface area contributed by atoms with E-state index >= 15 is 0 Å². The second kappa shape index (κ2) is 6.48. The predicted molar refractivity (Wildman–Crippen MR) is 87.5 cm³/mol. The van der Waals surface area contributed by atoms with Crippen LogP contribution >= 0.6 is 0 Å². The van der Waals surface area contributed by atoms with E-state index in [0.29, 0.717) is 25.1 Å². The van der Waals surface area contributed by atoms with Crippen LogP contribution in [0.5, 0.6) is 0 Å². The van der Waals surface area contributed by atoms with Crippen molar-refractivity contribution in [2.75, 3.05) is 31.6 Å². The number of anilines is 1. The maximum absolute atomic E-state index is 12.4. The molecule has 0 radical (unpaired) electrons. The number of hydrogen-bond donors (Lipinski definition) is 1. The normalized spacial score (nSPS) is 20.2. The van der Waals surface area contributed by atoms with Crippen LogP contribution < -0.4 is 4.90 Å². The highest BCUT2D eigenvalue weighted by Gasteiger charge is 2.38. The Labute approximate surface area is 140 Å². The molecule has 1 atom stereocenters. The van der Waals surface area contributed by atoms with Gasteiger partial charge in [0.25, 0.3) is 5.91 Å². The van der Waals surface area contributed by atoms with Gasteiger partial charge in [0.15, 0.2) is 0 Å². The zero-order chi connectivity index (χ0) is 17.2. The predicted octanol–water partition coefficient (Wildman–Crippen LogP) is 0.288. The molecule has 2 aromatic heterocycles. The Morgan fingerprint density at radius 2 is 2.25 bits per heavy atom. The summed E-state index contributed by atoms with van der Waals surface area (Å²) in [6, 6.07) is 3.50. The average molecular weight is 328 g/mol. The van der Waals surface area contributed by atoms with Gasteiger partial charge in [-0.05, 0) is 19.4 Å². The summed E-state index contributed by atoms with van der Waals surface area (Å²) in [6.07, 6.45) is 4.99. The summed E-state index contributed by atoms with van der Waals surface area (Å²) >= 11 is 0. The zero-order valence-electron chi connectivity index (χ0n) is 13.8. The van der Waals surface area contributed by atoms with E-state index in [9.17, 15) is 9.90 Å². The van der Waals surface area contributed by atoms with E-state index < -0.39 is 5.60 Å². The molecule has 1 aliphatic heterocycles.